The summed E-state index contributed by atoms with van der Waals surface area (Å²) in [5.41, 5.74) is 0.620. The lowest BCUT2D eigenvalue weighted by Gasteiger charge is -2.23. The summed E-state index contributed by atoms with van der Waals surface area (Å²) >= 11 is 0. The average molecular weight is 319 g/mol. The van der Waals surface area contributed by atoms with Crippen LogP contribution in [0.5, 0.6) is 0 Å². The fraction of sp³-hybridized carbons (Fsp3) is 0.556. The summed E-state index contributed by atoms with van der Waals surface area (Å²) in [5, 5.41) is 11.9. The third-order valence-corrected chi connectivity index (χ3v) is 5.32. The Bertz CT molecular complexity index is 586. The second kappa shape index (κ2) is 6.69. The number of hydrogen-bond donors (Lipinski definition) is 2. The van der Waals surface area contributed by atoms with Crippen molar-refractivity contribution in [1.29, 1.82) is 0 Å². The first-order chi connectivity index (χ1) is 11.0. The molecule has 4 atom stereocenters. The Morgan fingerprint density at radius 3 is 2.52 bits per heavy atom. The number of aliphatic carboxylic acids is 1. The molecule has 0 aliphatic heterocycles. The topological polar surface area (TPSA) is 66.4 Å². The van der Waals surface area contributed by atoms with Crippen molar-refractivity contribution in [2.75, 3.05) is 0 Å². The molecule has 3 rings (SSSR count). The zero-order valence-electron chi connectivity index (χ0n) is 13.0. The summed E-state index contributed by atoms with van der Waals surface area (Å²) < 4.78 is 13.0. The Morgan fingerprint density at radius 1 is 1.22 bits per heavy atom. The number of fused-ring (bicyclic) bond motifs is 2. The van der Waals surface area contributed by atoms with Crippen LogP contribution in [0.25, 0.3) is 0 Å². The zero-order valence-corrected chi connectivity index (χ0v) is 13.0. The van der Waals surface area contributed by atoms with E-state index in [2.05, 4.69) is 5.32 Å². The second-order valence-corrected chi connectivity index (χ2v) is 6.91. The van der Waals surface area contributed by atoms with Crippen LogP contribution in [-0.2, 0) is 9.59 Å². The Hall–Kier alpha value is -1.91. The number of carbonyl (C=O) groups excluding carboxylic acids is 1. The molecule has 4 unspecified atom stereocenters. The van der Waals surface area contributed by atoms with E-state index < -0.39 is 12.0 Å². The highest BCUT2D eigenvalue weighted by Crippen LogP contribution is 2.49. The number of benzene rings is 1. The van der Waals surface area contributed by atoms with Crippen molar-refractivity contribution in [2.45, 2.75) is 44.6 Å². The molecular formula is C18H22FNO3. The van der Waals surface area contributed by atoms with E-state index in [0.29, 0.717) is 23.8 Å². The molecule has 1 aromatic carbocycles. The van der Waals surface area contributed by atoms with Crippen LogP contribution in [0.1, 0.15) is 50.1 Å². The predicted octanol–water partition coefficient (Wildman–Crippen LogP) is 3.28. The van der Waals surface area contributed by atoms with Gasteiger partial charge in [-0.2, -0.15) is 0 Å². The summed E-state index contributed by atoms with van der Waals surface area (Å²) in [6.45, 7) is 0. The molecule has 0 aromatic heterocycles. The van der Waals surface area contributed by atoms with E-state index in [1.807, 2.05) is 0 Å². The van der Waals surface area contributed by atoms with Crippen LogP contribution >= 0.6 is 0 Å². The molecule has 0 spiro atoms. The van der Waals surface area contributed by atoms with Gasteiger partial charge in [0.05, 0.1) is 12.5 Å². The van der Waals surface area contributed by atoms with Crippen LogP contribution in [0.3, 0.4) is 0 Å². The highest BCUT2D eigenvalue weighted by Gasteiger charge is 2.40. The molecule has 0 heterocycles. The fourth-order valence-electron chi connectivity index (χ4n) is 4.24. The first-order valence-electron chi connectivity index (χ1n) is 8.28. The van der Waals surface area contributed by atoms with E-state index in [1.165, 1.54) is 43.5 Å². The fourth-order valence-corrected chi connectivity index (χ4v) is 4.24. The molecule has 2 saturated carbocycles. The van der Waals surface area contributed by atoms with Crippen molar-refractivity contribution in [3.8, 4) is 0 Å². The van der Waals surface area contributed by atoms with Crippen molar-refractivity contribution in [1.82, 2.24) is 5.32 Å². The largest absolute Gasteiger partial charge is 0.481 e. The number of carboxylic acid groups (broad SMARTS) is 1. The van der Waals surface area contributed by atoms with E-state index in [4.69, 9.17) is 5.11 Å². The van der Waals surface area contributed by atoms with E-state index in [-0.39, 0.29) is 18.1 Å². The average Bonchev–Trinajstić information content (AvgIpc) is 3.09. The molecule has 2 aliphatic carbocycles. The number of carboxylic acids is 1. The zero-order chi connectivity index (χ0) is 16.4. The van der Waals surface area contributed by atoms with Gasteiger partial charge in [0, 0.05) is 6.42 Å². The maximum atomic E-state index is 13.0. The van der Waals surface area contributed by atoms with Crippen molar-refractivity contribution >= 4 is 11.9 Å². The van der Waals surface area contributed by atoms with Crippen molar-refractivity contribution < 1.29 is 19.1 Å². The minimum absolute atomic E-state index is 0.0990. The number of rotatable bonds is 6. The number of amides is 1. The van der Waals surface area contributed by atoms with E-state index in [0.717, 1.165) is 12.3 Å². The predicted molar refractivity (Wildman–Crippen MR) is 83.1 cm³/mol. The molecule has 2 N–H and O–H groups in total. The SMILES string of the molecule is O=C(O)CC(NC(=O)CC1CC2CCC1C2)c1ccc(F)cc1. The van der Waals surface area contributed by atoms with Gasteiger partial charge in [0.1, 0.15) is 5.82 Å². The van der Waals surface area contributed by atoms with Crippen LogP contribution in [0, 0.1) is 23.6 Å². The maximum Gasteiger partial charge on any atom is 0.305 e. The van der Waals surface area contributed by atoms with Gasteiger partial charge in [0.25, 0.3) is 0 Å². The number of hydrogen-bond acceptors (Lipinski definition) is 2. The number of carbonyl (C=O) groups is 2. The van der Waals surface area contributed by atoms with Crippen molar-refractivity contribution in [3.63, 3.8) is 0 Å². The lowest BCUT2D eigenvalue weighted by Crippen LogP contribution is -2.32. The highest BCUT2D eigenvalue weighted by molar-refractivity contribution is 5.78. The van der Waals surface area contributed by atoms with Crippen molar-refractivity contribution in [3.05, 3.63) is 35.6 Å². The molecule has 5 heteroatoms. The molecule has 4 nitrogen and oxygen atoms in total. The first kappa shape index (κ1) is 16.0. The maximum absolute atomic E-state index is 13.0. The number of nitrogens with one attached hydrogen (secondary N) is 1. The van der Waals surface area contributed by atoms with Crippen LogP contribution in [0.4, 0.5) is 4.39 Å². The Labute approximate surface area is 135 Å². The Morgan fingerprint density at radius 2 is 1.96 bits per heavy atom. The molecule has 1 amide bonds. The van der Waals surface area contributed by atoms with E-state index in [9.17, 15) is 14.0 Å². The summed E-state index contributed by atoms with van der Waals surface area (Å²) in [6.07, 6.45) is 5.15. The van der Waals surface area contributed by atoms with Crippen LogP contribution < -0.4 is 5.32 Å². The molecule has 2 fully saturated rings. The van der Waals surface area contributed by atoms with Crippen LogP contribution in [0.15, 0.2) is 24.3 Å². The molecule has 2 aliphatic rings. The van der Waals surface area contributed by atoms with Crippen molar-refractivity contribution in [2.24, 2.45) is 17.8 Å². The monoisotopic (exact) mass is 319 g/mol. The number of halogens is 1. The Balaban J connectivity index is 1.62. The third-order valence-electron chi connectivity index (χ3n) is 5.32. The Kier molecular flexibility index (Phi) is 4.64. The van der Waals surface area contributed by atoms with Gasteiger partial charge in [0.2, 0.25) is 5.91 Å². The summed E-state index contributed by atoms with van der Waals surface area (Å²) in [4.78, 5) is 23.4. The molecule has 0 radical (unpaired) electrons. The van der Waals surface area contributed by atoms with Gasteiger partial charge >= 0.3 is 5.97 Å². The second-order valence-electron chi connectivity index (χ2n) is 6.91. The minimum atomic E-state index is -0.987. The highest BCUT2D eigenvalue weighted by atomic mass is 19.1. The lowest BCUT2D eigenvalue weighted by atomic mass is 9.86. The molecule has 2 bridgehead atoms. The summed E-state index contributed by atoms with van der Waals surface area (Å²) in [5.74, 6) is 0.417. The molecule has 0 saturated heterocycles. The summed E-state index contributed by atoms with van der Waals surface area (Å²) in [6, 6.07) is 5.01. The van der Waals surface area contributed by atoms with E-state index in [1.54, 1.807) is 0 Å². The normalized spacial score (nSPS) is 26.9. The van der Waals surface area contributed by atoms with Crippen LogP contribution in [-0.4, -0.2) is 17.0 Å². The first-order valence-corrected chi connectivity index (χ1v) is 8.28. The van der Waals surface area contributed by atoms with Crippen LogP contribution in [0.2, 0.25) is 0 Å². The van der Waals surface area contributed by atoms with Gasteiger partial charge in [0.15, 0.2) is 0 Å². The van der Waals surface area contributed by atoms with Gasteiger partial charge in [-0.3, -0.25) is 9.59 Å². The van der Waals surface area contributed by atoms with Gasteiger partial charge in [-0.15, -0.1) is 0 Å². The smallest absolute Gasteiger partial charge is 0.305 e. The van der Waals surface area contributed by atoms with Gasteiger partial charge in [-0.25, -0.2) is 4.39 Å². The molecule has 1 aromatic rings. The summed E-state index contributed by atoms with van der Waals surface area (Å²) in [7, 11) is 0. The lowest BCUT2D eigenvalue weighted by molar-refractivity contribution is -0.137. The standard InChI is InChI=1S/C18H22FNO3/c19-15-5-3-12(4-6-15)16(10-18(22)23)20-17(21)9-14-8-11-1-2-13(14)7-11/h3-6,11,13-14,16H,1-2,7-10H2,(H,20,21)(H,22,23). The van der Waals surface area contributed by atoms with Gasteiger partial charge in [-0.1, -0.05) is 18.6 Å². The third kappa shape index (κ3) is 3.89. The molecule has 23 heavy (non-hydrogen) atoms. The minimum Gasteiger partial charge on any atom is -0.481 e. The van der Waals surface area contributed by atoms with Gasteiger partial charge < -0.3 is 10.4 Å². The van der Waals surface area contributed by atoms with E-state index >= 15 is 0 Å². The van der Waals surface area contributed by atoms with Gasteiger partial charge in [-0.05, 0) is 54.7 Å². The molecule has 124 valence electrons. The molecular weight excluding hydrogens is 297 g/mol. The quantitative estimate of drug-likeness (QED) is 0.845.